The van der Waals surface area contributed by atoms with E-state index in [-0.39, 0.29) is 35.6 Å². The molecule has 0 aromatic heterocycles. The topological polar surface area (TPSA) is 66.4 Å². The molecule has 2 aliphatic rings. The lowest BCUT2D eigenvalue weighted by Gasteiger charge is -2.30. The molecule has 2 fully saturated rings. The van der Waals surface area contributed by atoms with Crippen molar-refractivity contribution in [3.63, 3.8) is 0 Å². The van der Waals surface area contributed by atoms with Crippen molar-refractivity contribution in [2.75, 3.05) is 0 Å². The number of carboxylic acids is 1. The highest BCUT2D eigenvalue weighted by Gasteiger charge is 2.51. The molecular weight excluding hydrogens is 230 g/mol. The molecule has 0 spiro atoms. The summed E-state index contributed by atoms with van der Waals surface area (Å²) in [6, 6.07) is -0.144. The number of fused-ring (bicyclic) bond motifs is 2. The van der Waals surface area contributed by atoms with Gasteiger partial charge < -0.3 is 10.4 Å². The molecule has 2 bridgehead atoms. The average molecular weight is 253 g/mol. The number of rotatable bonds is 4. The fourth-order valence-electron chi connectivity index (χ4n) is 3.45. The number of amides is 1. The first-order valence-corrected chi connectivity index (χ1v) is 6.95. The zero-order valence-corrected chi connectivity index (χ0v) is 11.3. The molecule has 18 heavy (non-hydrogen) atoms. The first-order valence-electron chi connectivity index (χ1n) is 6.95. The minimum Gasteiger partial charge on any atom is -0.481 e. The second-order valence-electron chi connectivity index (χ2n) is 6.26. The van der Waals surface area contributed by atoms with E-state index in [0.29, 0.717) is 5.92 Å². The molecule has 0 radical (unpaired) electrons. The number of carboxylic acid groups (broad SMARTS) is 1. The molecule has 2 N–H and O–H groups in total. The van der Waals surface area contributed by atoms with Gasteiger partial charge >= 0.3 is 5.97 Å². The molecular formula is C14H23NO3. The van der Waals surface area contributed by atoms with E-state index in [0.717, 1.165) is 19.3 Å². The lowest BCUT2D eigenvalue weighted by atomic mass is 9.84. The maximum atomic E-state index is 12.1. The second kappa shape index (κ2) is 4.90. The Hall–Kier alpha value is -1.06. The third kappa shape index (κ3) is 2.25. The number of carbonyl (C=O) groups excluding carboxylic acids is 1. The van der Waals surface area contributed by atoms with Gasteiger partial charge in [0.1, 0.15) is 0 Å². The summed E-state index contributed by atoms with van der Waals surface area (Å²) in [4.78, 5) is 23.4. The van der Waals surface area contributed by atoms with Crippen LogP contribution in [0.5, 0.6) is 0 Å². The maximum Gasteiger partial charge on any atom is 0.308 e. The van der Waals surface area contributed by atoms with Gasteiger partial charge in [-0.1, -0.05) is 20.8 Å². The Labute approximate surface area is 108 Å². The standard InChI is InChI=1S/C14H23NO3/c1-7(2)8(3)13(16)15-12-10-5-4-9(6-10)11(12)14(17)18/h7-12H,4-6H2,1-3H3,(H,15,16)(H,17,18). The number of hydrogen-bond donors (Lipinski definition) is 2. The van der Waals surface area contributed by atoms with E-state index in [4.69, 9.17) is 0 Å². The Balaban J connectivity index is 2.04. The Bertz CT molecular complexity index is 353. The predicted octanol–water partition coefficient (Wildman–Crippen LogP) is 1.89. The van der Waals surface area contributed by atoms with Gasteiger partial charge in [0.05, 0.1) is 5.92 Å². The average Bonchev–Trinajstić information content (AvgIpc) is 2.87. The highest BCUT2D eigenvalue weighted by molar-refractivity contribution is 5.80. The van der Waals surface area contributed by atoms with Crippen molar-refractivity contribution in [1.82, 2.24) is 5.32 Å². The first-order chi connectivity index (χ1) is 8.41. The van der Waals surface area contributed by atoms with E-state index in [1.54, 1.807) is 0 Å². The van der Waals surface area contributed by atoms with Crippen LogP contribution in [0.4, 0.5) is 0 Å². The van der Waals surface area contributed by atoms with Gasteiger partial charge in [0, 0.05) is 12.0 Å². The molecule has 4 heteroatoms. The Morgan fingerprint density at radius 3 is 2.33 bits per heavy atom. The van der Waals surface area contributed by atoms with Crippen molar-refractivity contribution < 1.29 is 14.7 Å². The smallest absolute Gasteiger partial charge is 0.308 e. The van der Waals surface area contributed by atoms with Crippen LogP contribution in [0, 0.1) is 29.6 Å². The molecule has 0 saturated heterocycles. The Kier molecular flexibility index (Phi) is 3.64. The van der Waals surface area contributed by atoms with Crippen molar-refractivity contribution in [2.24, 2.45) is 29.6 Å². The van der Waals surface area contributed by atoms with Crippen LogP contribution < -0.4 is 5.32 Å². The summed E-state index contributed by atoms with van der Waals surface area (Å²) in [6.07, 6.45) is 3.04. The molecule has 2 rings (SSSR count). The van der Waals surface area contributed by atoms with Gasteiger partial charge in [0.2, 0.25) is 5.91 Å². The van der Waals surface area contributed by atoms with Gasteiger partial charge in [-0.05, 0) is 37.0 Å². The summed E-state index contributed by atoms with van der Waals surface area (Å²) in [5.74, 6) is -0.234. The van der Waals surface area contributed by atoms with Crippen LogP contribution in [0.25, 0.3) is 0 Å². The van der Waals surface area contributed by atoms with Gasteiger partial charge in [0.15, 0.2) is 0 Å². The summed E-state index contributed by atoms with van der Waals surface area (Å²) < 4.78 is 0. The molecule has 102 valence electrons. The van der Waals surface area contributed by atoms with Crippen LogP contribution in [0.15, 0.2) is 0 Å². The predicted molar refractivity (Wildman–Crippen MR) is 67.9 cm³/mol. The summed E-state index contributed by atoms with van der Waals surface area (Å²) in [5.41, 5.74) is 0. The molecule has 0 heterocycles. The third-order valence-electron chi connectivity index (χ3n) is 4.92. The summed E-state index contributed by atoms with van der Waals surface area (Å²) in [7, 11) is 0. The van der Waals surface area contributed by atoms with Gasteiger partial charge in [-0.2, -0.15) is 0 Å². The normalized spacial score (nSPS) is 35.8. The van der Waals surface area contributed by atoms with Crippen molar-refractivity contribution in [1.29, 1.82) is 0 Å². The van der Waals surface area contributed by atoms with Crippen LogP contribution in [0.3, 0.4) is 0 Å². The fraction of sp³-hybridized carbons (Fsp3) is 0.857. The molecule has 5 unspecified atom stereocenters. The lowest BCUT2D eigenvalue weighted by molar-refractivity contribution is -0.145. The molecule has 0 aromatic carbocycles. The fourth-order valence-corrected chi connectivity index (χ4v) is 3.45. The van der Waals surface area contributed by atoms with Crippen LogP contribution in [-0.2, 0) is 9.59 Å². The van der Waals surface area contributed by atoms with E-state index in [1.165, 1.54) is 0 Å². The van der Waals surface area contributed by atoms with Crippen molar-refractivity contribution in [3.8, 4) is 0 Å². The van der Waals surface area contributed by atoms with Gasteiger partial charge in [0.25, 0.3) is 0 Å². The molecule has 2 saturated carbocycles. The third-order valence-corrected chi connectivity index (χ3v) is 4.92. The Morgan fingerprint density at radius 1 is 1.17 bits per heavy atom. The van der Waals surface area contributed by atoms with Gasteiger partial charge in [-0.25, -0.2) is 0 Å². The quantitative estimate of drug-likeness (QED) is 0.804. The van der Waals surface area contributed by atoms with Crippen molar-refractivity contribution in [3.05, 3.63) is 0 Å². The van der Waals surface area contributed by atoms with E-state index < -0.39 is 5.97 Å². The van der Waals surface area contributed by atoms with Gasteiger partial charge in [-0.3, -0.25) is 9.59 Å². The molecule has 5 atom stereocenters. The maximum absolute atomic E-state index is 12.1. The molecule has 0 aliphatic heterocycles. The summed E-state index contributed by atoms with van der Waals surface area (Å²) >= 11 is 0. The first kappa shape index (κ1) is 13.4. The molecule has 1 amide bonds. The number of nitrogens with one attached hydrogen (secondary N) is 1. The van der Waals surface area contributed by atoms with E-state index in [9.17, 15) is 14.7 Å². The van der Waals surface area contributed by atoms with Crippen molar-refractivity contribution >= 4 is 11.9 Å². The minimum absolute atomic E-state index is 0.00815. The van der Waals surface area contributed by atoms with Gasteiger partial charge in [-0.15, -0.1) is 0 Å². The number of carbonyl (C=O) groups is 2. The zero-order valence-electron chi connectivity index (χ0n) is 11.3. The zero-order chi connectivity index (χ0) is 13.4. The summed E-state index contributed by atoms with van der Waals surface area (Å²) in [5, 5.41) is 12.3. The molecule has 2 aliphatic carbocycles. The minimum atomic E-state index is -0.746. The van der Waals surface area contributed by atoms with E-state index >= 15 is 0 Å². The van der Waals surface area contributed by atoms with Crippen LogP contribution in [0.2, 0.25) is 0 Å². The second-order valence-corrected chi connectivity index (χ2v) is 6.26. The lowest BCUT2D eigenvalue weighted by Crippen LogP contribution is -2.48. The van der Waals surface area contributed by atoms with E-state index in [1.807, 2.05) is 20.8 Å². The van der Waals surface area contributed by atoms with Crippen LogP contribution in [0.1, 0.15) is 40.0 Å². The molecule has 4 nitrogen and oxygen atoms in total. The highest BCUT2D eigenvalue weighted by atomic mass is 16.4. The Morgan fingerprint density at radius 2 is 1.78 bits per heavy atom. The highest BCUT2D eigenvalue weighted by Crippen LogP contribution is 2.48. The SMILES string of the molecule is CC(C)C(C)C(=O)NC1C2CCC(C2)C1C(=O)O. The monoisotopic (exact) mass is 253 g/mol. The van der Waals surface area contributed by atoms with Crippen LogP contribution >= 0.6 is 0 Å². The molecule has 0 aromatic rings. The van der Waals surface area contributed by atoms with Crippen molar-refractivity contribution in [2.45, 2.75) is 46.1 Å². The van der Waals surface area contributed by atoms with E-state index in [2.05, 4.69) is 5.32 Å². The number of hydrogen-bond acceptors (Lipinski definition) is 2. The summed E-state index contributed by atoms with van der Waals surface area (Å²) in [6.45, 7) is 5.93. The van der Waals surface area contributed by atoms with Crippen LogP contribution in [-0.4, -0.2) is 23.0 Å². The number of aliphatic carboxylic acids is 1. The largest absolute Gasteiger partial charge is 0.481 e.